The lowest BCUT2D eigenvalue weighted by Crippen LogP contribution is -2.43. The maximum atomic E-state index is 13.2. The van der Waals surface area contributed by atoms with Gasteiger partial charge in [0, 0.05) is 36.2 Å². The number of benzene rings is 3. The molecule has 3 aromatic rings. The minimum Gasteiger partial charge on any atom is -0.484 e. The van der Waals surface area contributed by atoms with Crippen molar-refractivity contribution in [3.8, 4) is 5.75 Å². The quantitative estimate of drug-likeness (QED) is 0.269. The van der Waals surface area contributed by atoms with Gasteiger partial charge in [0.2, 0.25) is 0 Å². The largest absolute Gasteiger partial charge is 0.484 e. The Balaban J connectivity index is 1.67. The molecule has 1 amide bonds. The van der Waals surface area contributed by atoms with Crippen LogP contribution in [0.2, 0.25) is 10.0 Å². The van der Waals surface area contributed by atoms with Gasteiger partial charge in [-0.3, -0.25) is 4.79 Å². The van der Waals surface area contributed by atoms with Gasteiger partial charge in [-0.05, 0) is 66.4 Å². The fraction of sp³-hybridized carbons (Fsp3) is 0.310. The first-order chi connectivity index (χ1) is 17.7. The number of hydrogen-bond acceptors (Lipinski definition) is 4. The second kappa shape index (κ2) is 13.5. The first-order valence-electron chi connectivity index (χ1n) is 12.1. The van der Waals surface area contributed by atoms with Gasteiger partial charge in [-0.15, -0.1) is 0 Å². The molecule has 0 radical (unpaired) electrons. The van der Waals surface area contributed by atoms with Crippen LogP contribution < -0.4 is 4.74 Å². The SMILES string of the molecule is CCO[C@@](CC)(Cc1ccc(OCC(=O)N(Cc2ccc(Cl)cc2)Cc2ccc(Cl)cc2)cc1)C(=O)O. The van der Waals surface area contributed by atoms with Crippen molar-refractivity contribution in [2.24, 2.45) is 0 Å². The van der Waals surface area contributed by atoms with E-state index in [-0.39, 0.29) is 18.9 Å². The molecule has 0 aliphatic rings. The Morgan fingerprint density at radius 3 is 1.73 bits per heavy atom. The van der Waals surface area contributed by atoms with Crippen LogP contribution in [0.15, 0.2) is 72.8 Å². The molecule has 1 atom stereocenters. The van der Waals surface area contributed by atoms with Gasteiger partial charge in [0.1, 0.15) is 5.75 Å². The molecule has 8 heteroatoms. The monoisotopic (exact) mass is 543 g/mol. The molecule has 0 bridgehead atoms. The lowest BCUT2D eigenvalue weighted by atomic mass is 9.91. The van der Waals surface area contributed by atoms with Crippen LogP contribution in [-0.4, -0.2) is 40.7 Å². The third-order valence-electron chi connectivity index (χ3n) is 6.08. The van der Waals surface area contributed by atoms with Crippen molar-refractivity contribution in [1.82, 2.24) is 4.90 Å². The topological polar surface area (TPSA) is 76.1 Å². The summed E-state index contributed by atoms with van der Waals surface area (Å²) in [5.41, 5.74) is 1.44. The molecule has 0 saturated carbocycles. The summed E-state index contributed by atoms with van der Waals surface area (Å²) < 4.78 is 11.4. The second-order valence-corrected chi connectivity index (χ2v) is 9.57. The fourth-order valence-corrected chi connectivity index (χ4v) is 4.22. The Morgan fingerprint density at radius 1 is 0.811 bits per heavy atom. The Labute approximate surface area is 227 Å². The van der Waals surface area contributed by atoms with Gasteiger partial charge in [-0.1, -0.05) is 66.5 Å². The van der Waals surface area contributed by atoms with E-state index in [1.54, 1.807) is 67.3 Å². The molecule has 0 heterocycles. The number of rotatable bonds is 13. The van der Waals surface area contributed by atoms with Crippen molar-refractivity contribution in [1.29, 1.82) is 0 Å². The molecule has 3 rings (SSSR count). The molecule has 0 aliphatic heterocycles. The van der Waals surface area contributed by atoms with Crippen LogP contribution in [0.5, 0.6) is 5.75 Å². The molecule has 0 aliphatic carbocycles. The van der Waals surface area contributed by atoms with Crippen molar-refractivity contribution in [2.45, 2.75) is 45.4 Å². The molecule has 0 aromatic heterocycles. The molecule has 196 valence electrons. The van der Waals surface area contributed by atoms with E-state index >= 15 is 0 Å². The summed E-state index contributed by atoms with van der Waals surface area (Å²) in [4.78, 5) is 26.7. The van der Waals surface area contributed by atoms with E-state index in [2.05, 4.69) is 0 Å². The number of carbonyl (C=O) groups is 2. The zero-order chi connectivity index (χ0) is 26.8. The third-order valence-corrected chi connectivity index (χ3v) is 6.59. The van der Waals surface area contributed by atoms with E-state index in [9.17, 15) is 14.7 Å². The van der Waals surface area contributed by atoms with Gasteiger partial charge in [0.15, 0.2) is 12.2 Å². The summed E-state index contributed by atoms with van der Waals surface area (Å²) >= 11 is 12.0. The number of ether oxygens (including phenoxy) is 2. The molecular weight excluding hydrogens is 513 g/mol. The first-order valence-corrected chi connectivity index (χ1v) is 12.9. The highest BCUT2D eigenvalue weighted by atomic mass is 35.5. The van der Waals surface area contributed by atoms with Crippen molar-refractivity contribution < 1.29 is 24.2 Å². The second-order valence-electron chi connectivity index (χ2n) is 8.70. The molecule has 0 saturated heterocycles. The third kappa shape index (κ3) is 8.22. The van der Waals surface area contributed by atoms with Gasteiger partial charge in [0.05, 0.1) is 0 Å². The Morgan fingerprint density at radius 2 is 1.30 bits per heavy atom. The van der Waals surface area contributed by atoms with Crippen LogP contribution in [0.25, 0.3) is 0 Å². The van der Waals surface area contributed by atoms with Crippen LogP contribution in [0.3, 0.4) is 0 Å². The highest BCUT2D eigenvalue weighted by Gasteiger charge is 2.37. The normalized spacial score (nSPS) is 12.5. The number of aliphatic carboxylic acids is 1. The smallest absolute Gasteiger partial charge is 0.336 e. The summed E-state index contributed by atoms with van der Waals surface area (Å²) in [6.45, 7) is 4.54. The molecule has 1 N–H and O–H groups in total. The van der Waals surface area contributed by atoms with Gasteiger partial charge in [-0.25, -0.2) is 4.79 Å². The van der Waals surface area contributed by atoms with E-state index in [0.717, 1.165) is 16.7 Å². The molecule has 0 fully saturated rings. The van der Waals surface area contributed by atoms with Gasteiger partial charge >= 0.3 is 5.97 Å². The lowest BCUT2D eigenvalue weighted by molar-refractivity contribution is -0.166. The number of halogens is 2. The predicted octanol–water partition coefficient (Wildman–Crippen LogP) is 6.41. The maximum Gasteiger partial charge on any atom is 0.336 e. The summed E-state index contributed by atoms with van der Waals surface area (Å²) in [7, 11) is 0. The average molecular weight is 544 g/mol. The maximum absolute atomic E-state index is 13.2. The summed E-state index contributed by atoms with van der Waals surface area (Å²) in [5, 5.41) is 11.0. The molecule has 0 unspecified atom stereocenters. The Kier molecular flexibility index (Phi) is 10.4. The Bertz CT molecular complexity index is 1120. The van der Waals surface area contributed by atoms with Crippen molar-refractivity contribution in [3.63, 3.8) is 0 Å². The summed E-state index contributed by atoms with van der Waals surface area (Å²) in [6, 6.07) is 21.8. The van der Waals surface area contributed by atoms with Crippen LogP contribution >= 0.6 is 23.2 Å². The number of hydrogen-bond donors (Lipinski definition) is 1. The molecule has 0 spiro atoms. The molecular formula is C29H31Cl2NO5. The number of nitrogens with zero attached hydrogens (tertiary/aromatic N) is 1. The average Bonchev–Trinajstić information content (AvgIpc) is 2.89. The number of carbonyl (C=O) groups excluding carboxylic acids is 1. The van der Waals surface area contributed by atoms with Gasteiger partial charge in [-0.2, -0.15) is 0 Å². The van der Waals surface area contributed by atoms with Crippen LogP contribution in [0.4, 0.5) is 0 Å². The number of carboxylic acids is 1. The Hall–Kier alpha value is -3.06. The minimum absolute atomic E-state index is 0.145. The molecule has 6 nitrogen and oxygen atoms in total. The van der Waals surface area contributed by atoms with Crippen molar-refractivity contribution in [3.05, 3.63) is 99.5 Å². The van der Waals surface area contributed by atoms with Crippen molar-refractivity contribution in [2.75, 3.05) is 13.2 Å². The molecule has 37 heavy (non-hydrogen) atoms. The number of amides is 1. The lowest BCUT2D eigenvalue weighted by Gasteiger charge is -2.28. The first kappa shape index (κ1) is 28.5. The van der Waals surface area contributed by atoms with Crippen LogP contribution in [0.1, 0.15) is 37.0 Å². The fourth-order valence-electron chi connectivity index (χ4n) is 3.97. The van der Waals surface area contributed by atoms with E-state index in [1.165, 1.54) is 0 Å². The van der Waals surface area contributed by atoms with E-state index < -0.39 is 11.6 Å². The zero-order valence-electron chi connectivity index (χ0n) is 21.0. The van der Waals surface area contributed by atoms with E-state index in [1.807, 2.05) is 24.3 Å². The van der Waals surface area contributed by atoms with E-state index in [0.29, 0.717) is 41.9 Å². The van der Waals surface area contributed by atoms with E-state index in [4.69, 9.17) is 32.7 Å². The molecule has 3 aromatic carbocycles. The standard InChI is InChI=1S/C29H31Cl2NO5/c1-3-29(28(34)35,37-4-2)17-21-9-15-26(16-10-21)36-20-27(33)32(18-22-5-11-24(30)12-6-22)19-23-7-13-25(31)14-8-23/h5-16H,3-4,17-20H2,1-2H3,(H,34,35)/t29-/m0/s1. The van der Waals surface area contributed by atoms with Crippen LogP contribution in [-0.2, 0) is 33.8 Å². The van der Waals surface area contributed by atoms with Gasteiger partial charge in [0.25, 0.3) is 5.91 Å². The van der Waals surface area contributed by atoms with Crippen molar-refractivity contribution >= 4 is 35.1 Å². The zero-order valence-corrected chi connectivity index (χ0v) is 22.5. The highest BCUT2D eigenvalue weighted by molar-refractivity contribution is 6.30. The predicted molar refractivity (Wildman–Crippen MR) is 145 cm³/mol. The number of carboxylic acid groups (broad SMARTS) is 1. The van der Waals surface area contributed by atoms with Crippen LogP contribution in [0, 0.1) is 0 Å². The van der Waals surface area contributed by atoms with Gasteiger partial charge < -0.3 is 19.5 Å². The highest BCUT2D eigenvalue weighted by Crippen LogP contribution is 2.24. The minimum atomic E-state index is -1.27. The summed E-state index contributed by atoms with van der Waals surface area (Å²) in [6.07, 6.45) is 0.585. The summed E-state index contributed by atoms with van der Waals surface area (Å²) in [5.74, 6) is -0.644.